The van der Waals surface area contributed by atoms with E-state index in [2.05, 4.69) is 10.3 Å². The highest BCUT2D eigenvalue weighted by molar-refractivity contribution is 5.42. The SMILES string of the molecule is CCC(O)C(C)Nc1ccnc(F)c1. The molecule has 0 saturated carbocycles. The van der Waals surface area contributed by atoms with E-state index in [1.807, 2.05) is 13.8 Å². The van der Waals surface area contributed by atoms with Crippen LogP contribution in [0.4, 0.5) is 10.1 Å². The Labute approximate surface area is 83.0 Å². The lowest BCUT2D eigenvalue weighted by Gasteiger charge is -2.19. The van der Waals surface area contributed by atoms with Crippen LogP contribution in [-0.2, 0) is 0 Å². The second-order valence-electron chi connectivity index (χ2n) is 3.28. The fourth-order valence-electron chi connectivity index (χ4n) is 1.20. The van der Waals surface area contributed by atoms with E-state index in [-0.39, 0.29) is 6.04 Å². The molecule has 3 nitrogen and oxygen atoms in total. The lowest BCUT2D eigenvalue weighted by atomic mass is 10.1. The number of nitrogens with zero attached hydrogens (tertiary/aromatic N) is 1. The molecule has 0 aliphatic rings. The van der Waals surface area contributed by atoms with Crippen molar-refractivity contribution < 1.29 is 9.50 Å². The molecule has 0 radical (unpaired) electrons. The van der Waals surface area contributed by atoms with Gasteiger partial charge in [0.05, 0.1) is 6.10 Å². The molecule has 0 saturated heterocycles. The van der Waals surface area contributed by atoms with Gasteiger partial charge in [-0.05, 0) is 19.4 Å². The van der Waals surface area contributed by atoms with E-state index in [9.17, 15) is 9.50 Å². The van der Waals surface area contributed by atoms with Gasteiger partial charge in [-0.15, -0.1) is 0 Å². The Morgan fingerprint density at radius 3 is 2.93 bits per heavy atom. The van der Waals surface area contributed by atoms with Gasteiger partial charge >= 0.3 is 0 Å². The van der Waals surface area contributed by atoms with Gasteiger partial charge in [-0.1, -0.05) is 6.92 Å². The third kappa shape index (κ3) is 2.96. The van der Waals surface area contributed by atoms with Crippen LogP contribution in [0.2, 0.25) is 0 Å². The fraction of sp³-hybridized carbons (Fsp3) is 0.500. The summed E-state index contributed by atoms with van der Waals surface area (Å²) in [6, 6.07) is 2.88. The number of pyridine rings is 1. The van der Waals surface area contributed by atoms with Crippen LogP contribution in [0.5, 0.6) is 0 Å². The number of aliphatic hydroxyl groups excluding tert-OH is 1. The van der Waals surface area contributed by atoms with Crippen molar-refractivity contribution in [3.63, 3.8) is 0 Å². The van der Waals surface area contributed by atoms with Crippen LogP contribution in [0.1, 0.15) is 20.3 Å². The van der Waals surface area contributed by atoms with Crippen molar-refractivity contribution in [3.05, 3.63) is 24.3 Å². The molecule has 0 aliphatic carbocycles. The topological polar surface area (TPSA) is 45.1 Å². The van der Waals surface area contributed by atoms with Crippen LogP contribution < -0.4 is 5.32 Å². The Bertz CT molecular complexity index is 293. The van der Waals surface area contributed by atoms with E-state index in [1.165, 1.54) is 12.3 Å². The maximum atomic E-state index is 12.7. The summed E-state index contributed by atoms with van der Waals surface area (Å²) in [5.74, 6) is -0.520. The Hall–Kier alpha value is -1.16. The smallest absolute Gasteiger partial charge is 0.214 e. The number of halogens is 1. The van der Waals surface area contributed by atoms with E-state index >= 15 is 0 Å². The molecule has 0 aliphatic heterocycles. The van der Waals surface area contributed by atoms with Gasteiger partial charge < -0.3 is 10.4 Å². The van der Waals surface area contributed by atoms with E-state index in [0.717, 1.165) is 0 Å². The van der Waals surface area contributed by atoms with E-state index in [4.69, 9.17) is 0 Å². The number of aliphatic hydroxyl groups is 1. The summed E-state index contributed by atoms with van der Waals surface area (Å²) in [6.45, 7) is 3.75. The third-order valence-corrected chi connectivity index (χ3v) is 2.12. The van der Waals surface area contributed by atoms with Gasteiger partial charge in [-0.25, -0.2) is 4.98 Å². The zero-order valence-electron chi connectivity index (χ0n) is 8.37. The molecule has 14 heavy (non-hydrogen) atoms. The Morgan fingerprint density at radius 1 is 1.64 bits per heavy atom. The minimum Gasteiger partial charge on any atom is -0.391 e. The van der Waals surface area contributed by atoms with Crippen molar-refractivity contribution in [1.29, 1.82) is 0 Å². The molecule has 0 amide bonds. The first-order valence-electron chi connectivity index (χ1n) is 4.69. The van der Waals surface area contributed by atoms with Crippen LogP contribution in [0.25, 0.3) is 0 Å². The fourth-order valence-corrected chi connectivity index (χ4v) is 1.20. The maximum absolute atomic E-state index is 12.7. The van der Waals surface area contributed by atoms with Crippen molar-refractivity contribution in [2.24, 2.45) is 0 Å². The summed E-state index contributed by atoms with van der Waals surface area (Å²) in [4.78, 5) is 3.44. The van der Waals surface area contributed by atoms with Gasteiger partial charge in [0.2, 0.25) is 5.95 Å². The van der Waals surface area contributed by atoms with E-state index in [1.54, 1.807) is 6.07 Å². The number of anilines is 1. The van der Waals surface area contributed by atoms with Gasteiger partial charge in [-0.2, -0.15) is 4.39 Å². The molecule has 0 aromatic carbocycles. The summed E-state index contributed by atoms with van der Waals surface area (Å²) in [6.07, 6.45) is 1.64. The normalized spacial score (nSPS) is 14.9. The Balaban J connectivity index is 2.60. The molecule has 0 spiro atoms. The molecule has 2 unspecified atom stereocenters. The first kappa shape index (κ1) is 10.9. The van der Waals surface area contributed by atoms with Crippen LogP contribution in [0.3, 0.4) is 0 Å². The molecule has 2 N–H and O–H groups in total. The molecule has 0 fully saturated rings. The molecule has 1 aromatic rings. The molecule has 4 heteroatoms. The molecule has 2 atom stereocenters. The molecule has 1 aromatic heterocycles. The summed E-state index contributed by atoms with van der Waals surface area (Å²) in [5.41, 5.74) is 0.637. The van der Waals surface area contributed by atoms with Crippen molar-refractivity contribution >= 4 is 5.69 Å². The average molecular weight is 198 g/mol. The molecular formula is C10H15FN2O. The lowest BCUT2D eigenvalue weighted by Crippen LogP contribution is -2.29. The van der Waals surface area contributed by atoms with Crippen LogP contribution in [0, 0.1) is 5.95 Å². The highest BCUT2D eigenvalue weighted by Gasteiger charge is 2.11. The first-order chi connectivity index (χ1) is 6.63. The third-order valence-electron chi connectivity index (χ3n) is 2.12. The lowest BCUT2D eigenvalue weighted by molar-refractivity contribution is 0.154. The van der Waals surface area contributed by atoms with E-state index < -0.39 is 12.1 Å². The first-order valence-corrected chi connectivity index (χ1v) is 4.69. The maximum Gasteiger partial charge on any atom is 0.214 e. The number of rotatable bonds is 4. The van der Waals surface area contributed by atoms with E-state index in [0.29, 0.717) is 12.1 Å². The van der Waals surface area contributed by atoms with Crippen LogP contribution >= 0.6 is 0 Å². The van der Waals surface area contributed by atoms with Gasteiger partial charge in [0.25, 0.3) is 0 Å². The van der Waals surface area contributed by atoms with Gasteiger partial charge in [-0.3, -0.25) is 0 Å². The highest BCUT2D eigenvalue weighted by atomic mass is 19.1. The molecule has 78 valence electrons. The van der Waals surface area contributed by atoms with Crippen molar-refractivity contribution in [1.82, 2.24) is 4.98 Å². The van der Waals surface area contributed by atoms with Gasteiger partial charge in [0.1, 0.15) is 0 Å². The zero-order valence-corrected chi connectivity index (χ0v) is 8.37. The monoisotopic (exact) mass is 198 g/mol. The highest BCUT2D eigenvalue weighted by Crippen LogP contribution is 2.10. The number of nitrogens with one attached hydrogen (secondary N) is 1. The molecule has 1 rings (SSSR count). The van der Waals surface area contributed by atoms with Crippen molar-refractivity contribution in [2.75, 3.05) is 5.32 Å². The zero-order chi connectivity index (χ0) is 10.6. The van der Waals surface area contributed by atoms with Crippen LogP contribution in [0.15, 0.2) is 18.3 Å². The summed E-state index contributed by atoms with van der Waals surface area (Å²) in [7, 11) is 0. The van der Waals surface area contributed by atoms with Gasteiger partial charge in [0, 0.05) is 24.0 Å². The molecular weight excluding hydrogens is 183 g/mol. The number of hydrogen-bond acceptors (Lipinski definition) is 3. The molecule has 0 bridgehead atoms. The number of hydrogen-bond donors (Lipinski definition) is 2. The second kappa shape index (κ2) is 4.91. The van der Waals surface area contributed by atoms with Gasteiger partial charge in [0.15, 0.2) is 0 Å². The standard InChI is InChI=1S/C10H15FN2O/c1-3-9(14)7(2)13-8-4-5-12-10(11)6-8/h4-7,9,14H,3H2,1-2H3,(H,12,13). The number of aromatic nitrogens is 1. The minimum atomic E-state index is -0.520. The van der Waals surface area contributed by atoms with Crippen LogP contribution in [-0.4, -0.2) is 22.2 Å². The van der Waals surface area contributed by atoms with Crippen molar-refractivity contribution in [2.45, 2.75) is 32.4 Å². The Kier molecular flexibility index (Phi) is 3.83. The minimum absolute atomic E-state index is 0.0956. The summed E-state index contributed by atoms with van der Waals surface area (Å²) in [5, 5.41) is 12.5. The summed E-state index contributed by atoms with van der Waals surface area (Å²) < 4.78 is 12.7. The van der Waals surface area contributed by atoms with Crippen molar-refractivity contribution in [3.8, 4) is 0 Å². The summed E-state index contributed by atoms with van der Waals surface area (Å²) >= 11 is 0. The predicted molar refractivity (Wildman–Crippen MR) is 53.6 cm³/mol. The quantitative estimate of drug-likeness (QED) is 0.725. The molecule has 1 heterocycles. The largest absolute Gasteiger partial charge is 0.391 e. The average Bonchev–Trinajstić information content (AvgIpc) is 2.16. The predicted octanol–water partition coefficient (Wildman–Crippen LogP) is 1.79. The second-order valence-corrected chi connectivity index (χ2v) is 3.28. The Morgan fingerprint density at radius 2 is 2.36 bits per heavy atom.